The first kappa shape index (κ1) is 10.5. The monoisotopic (exact) mass is 219 g/mol. The van der Waals surface area contributed by atoms with Crippen LogP contribution in [0.5, 0.6) is 5.75 Å². The van der Waals surface area contributed by atoms with Crippen LogP contribution in [0.1, 0.15) is 12.5 Å². The van der Waals surface area contributed by atoms with Crippen molar-refractivity contribution in [2.75, 3.05) is 0 Å². The zero-order valence-electron chi connectivity index (χ0n) is 8.90. The van der Waals surface area contributed by atoms with E-state index in [1.807, 2.05) is 0 Å². The molecule has 1 aliphatic heterocycles. The third-order valence-corrected chi connectivity index (χ3v) is 2.38. The molecule has 1 heterocycles. The molecule has 0 saturated carbocycles. The van der Waals surface area contributed by atoms with Crippen molar-refractivity contribution in [2.24, 2.45) is 4.99 Å². The Labute approximate surface area is 93.2 Å². The number of nitrogens with one attached hydrogen (secondary N) is 2. The van der Waals surface area contributed by atoms with E-state index < -0.39 is 6.04 Å². The molecule has 0 spiro atoms. The Morgan fingerprint density at radius 2 is 2.00 bits per heavy atom. The van der Waals surface area contributed by atoms with Gasteiger partial charge < -0.3 is 5.11 Å². The van der Waals surface area contributed by atoms with Crippen LogP contribution in [0.2, 0.25) is 0 Å². The normalized spacial score (nSPS) is 19.7. The van der Waals surface area contributed by atoms with E-state index in [-0.39, 0.29) is 11.7 Å². The predicted octanol–water partition coefficient (Wildman–Crippen LogP) is 0.356. The molecule has 5 heteroatoms. The molecule has 1 aromatic carbocycles. The van der Waals surface area contributed by atoms with Crippen molar-refractivity contribution in [2.45, 2.75) is 19.4 Å². The van der Waals surface area contributed by atoms with Crippen molar-refractivity contribution < 1.29 is 9.90 Å². The van der Waals surface area contributed by atoms with Crippen molar-refractivity contribution >= 4 is 11.7 Å². The van der Waals surface area contributed by atoms with E-state index in [2.05, 4.69) is 15.8 Å². The van der Waals surface area contributed by atoms with E-state index in [9.17, 15) is 4.79 Å². The number of hydrogen-bond acceptors (Lipinski definition) is 4. The maximum Gasteiger partial charge on any atom is 0.263 e. The number of aliphatic imine (C=N–C) groups is 1. The first-order chi connectivity index (χ1) is 7.65. The van der Waals surface area contributed by atoms with Gasteiger partial charge in [-0.15, -0.1) is 0 Å². The standard InChI is InChI=1S/C11H13N3O2/c1-7-12-10(11(16)14-13-7)6-8-2-4-9(15)5-3-8/h2-5,10,15H,6H2,1H3,(H,12,13)(H,14,16). The highest BCUT2D eigenvalue weighted by atomic mass is 16.3. The molecule has 5 nitrogen and oxygen atoms in total. The van der Waals surface area contributed by atoms with E-state index in [1.165, 1.54) is 0 Å². The second-order valence-corrected chi connectivity index (χ2v) is 3.72. The minimum atomic E-state index is -0.397. The fourth-order valence-electron chi connectivity index (χ4n) is 1.55. The zero-order chi connectivity index (χ0) is 11.5. The molecule has 1 atom stereocenters. The van der Waals surface area contributed by atoms with Crippen LogP contribution in [0.3, 0.4) is 0 Å². The number of rotatable bonds is 2. The van der Waals surface area contributed by atoms with Gasteiger partial charge in [0.05, 0.1) is 0 Å². The van der Waals surface area contributed by atoms with Crippen molar-refractivity contribution in [3.8, 4) is 5.75 Å². The summed E-state index contributed by atoms with van der Waals surface area (Å²) in [6, 6.07) is 6.38. The Bertz CT molecular complexity index is 425. The summed E-state index contributed by atoms with van der Waals surface area (Å²) in [7, 11) is 0. The minimum Gasteiger partial charge on any atom is -0.508 e. The Balaban J connectivity index is 2.11. The van der Waals surface area contributed by atoms with E-state index in [4.69, 9.17) is 5.11 Å². The maximum atomic E-state index is 11.5. The van der Waals surface area contributed by atoms with Gasteiger partial charge in [-0.1, -0.05) is 12.1 Å². The summed E-state index contributed by atoms with van der Waals surface area (Å²) in [4.78, 5) is 15.7. The molecule has 0 saturated heterocycles. The molecule has 0 aromatic heterocycles. The summed E-state index contributed by atoms with van der Waals surface area (Å²) in [6.07, 6.45) is 0.533. The number of phenols is 1. The van der Waals surface area contributed by atoms with E-state index in [0.717, 1.165) is 5.56 Å². The summed E-state index contributed by atoms with van der Waals surface area (Å²) in [6.45, 7) is 1.79. The van der Waals surface area contributed by atoms with Crippen LogP contribution < -0.4 is 10.9 Å². The second kappa shape index (κ2) is 4.22. The summed E-state index contributed by atoms with van der Waals surface area (Å²) >= 11 is 0. The number of amides is 1. The SMILES string of the molecule is CC1=NC(Cc2ccc(O)cc2)C(=O)NN1. The van der Waals surface area contributed by atoms with Crippen LogP contribution in [-0.4, -0.2) is 22.9 Å². The molecule has 1 amide bonds. The van der Waals surface area contributed by atoms with E-state index in [1.54, 1.807) is 31.2 Å². The average Bonchev–Trinajstić information content (AvgIpc) is 2.27. The third kappa shape index (κ3) is 2.31. The first-order valence-corrected chi connectivity index (χ1v) is 5.03. The van der Waals surface area contributed by atoms with Crippen LogP contribution in [-0.2, 0) is 11.2 Å². The number of carbonyl (C=O) groups excluding carboxylic acids is 1. The minimum absolute atomic E-state index is 0.140. The van der Waals surface area contributed by atoms with E-state index >= 15 is 0 Å². The number of hydrogen-bond donors (Lipinski definition) is 3. The van der Waals surface area contributed by atoms with Gasteiger partial charge in [-0.05, 0) is 24.6 Å². The average molecular weight is 219 g/mol. The fraction of sp³-hybridized carbons (Fsp3) is 0.273. The Hall–Kier alpha value is -2.04. The van der Waals surface area contributed by atoms with Gasteiger partial charge in [0, 0.05) is 6.42 Å². The smallest absolute Gasteiger partial charge is 0.263 e. The first-order valence-electron chi connectivity index (χ1n) is 5.03. The molecule has 0 aliphatic carbocycles. The number of nitrogens with zero attached hydrogens (tertiary/aromatic N) is 1. The van der Waals surface area contributed by atoms with Crippen molar-refractivity contribution in [3.63, 3.8) is 0 Å². The summed E-state index contributed by atoms with van der Waals surface area (Å²) < 4.78 is 0. The van der Waals surface area contributed by atoms with Gasteiger partial charge in [-0.2, -0.15) is 0 Å². The lowest BCUT2D eigenvalue weighted by molar-refractivity contribution is -0.123. The van der Waals surface area contributed by atoms with Crippen molar-refractivity contribution in [1.29, 1.82) is 0 Å². The second-order valence-electron chi connectivity index (χ2n) is 3.72. The Morgan fingerprint density at radius 1 is 1.31 bits per heavy atom. The predicted molar refractivity (Wildman–Crippen MR) is 60.0 cm³/mol. The van der Waals surface area contributed by atoms with Crippen LogP contribution in [0.25, 0.3) is 0 Å². The number of benzene rings is 1. The highest BCUT2D eigenvalue weighted by Gasteiger charge is 2.21. The molecule has 1 aromatic rings. The van der Waals surface area contributed by atoms with Gasteiger partial charge in [-0.25, -0.2) is 0 Å². The molecule has 0 bridgehead atoms. The molecule has 1 unspecified atom stereocenters. The van der Waals surface area contributed by atoms with Gasteiger partial charge in [0.1, 0.15) is 17.6 Å². The number of hydrazine groups is 1. The molecule has 0 fully saturated rings. The molecule has 3 N–H and O–H groups in total. The topological polar surface area (TPSA) is 73.7 Å². The van der Waals surface area contributed by atoms with Crippen LogP contribution in [0, 0.1) is 0 Å². The van der Waals surface area contributed by atoms with E-state index in [0.29, 0.717) is 12.3 Å². The number of aromatic hydroxyl groups is 1. The molecule has 2 rings (SSSR count). The molecule has 0 radical (unpaired) electrons. The van der Waals surface area contributed by atoms with Crippen LogP contribution in [0.4, 0.5) is 0 Å². The third-order valence-electron chi connectivity index (χ3n) is 2.38. The fourth-order valence-corrected chi connectivity index (χ4v) is 1.55. The quantitative estimate of drug-likeness (QED) is 0.672. The van der Waals surface area contributed by atoms with Gasteiger partial charge in [-0.3, -0.25) is 20.6 Å². The maximum absolute atomic E-state index is 11.5. The lowest BCUT2D eigenvalue weighted by Gasteiger charge is -2.20. The highest BCUT2D eigenvalue weighted by molar-refractivity contribution is 5.92. The summed E-state index contributed by atoms with van der Waals surface area (Å²) in [5, 5.41) is 9.14. The van der Waals surface area contributed by atoms with Crippen molar-refractivity contribution in [1.82, 2.24) is 10.9 Å². The van der Waals surface area contributed by atoms with Gasteiger partial charge >= 0.3 is 0 Å². The lowest BCUT2D eigenvalue weighted by atomic mass is 10.1. The molecule has 84 valence electrons. The molecular formula is C11H13N3O2. The highest BCUT2D eigenvalue weighted by Crippen LogP contribution is 2.13. The Morgan fingerprint density at radius 3 is 2.69 bits per heavy atom. The van der Waals surface area contributed by atoms with Crippen molar-refractivity contribution in [3.05, 3.63) is 29.8 Å². The number of carbonyl (C=O) groups is 1. The zero-order valence-corrected chi connectivity index (χ0v) is 8.90. The lowest BCUT2D eigenvalue weighted by Crippen LogP contribution is -2.50. The van der Waals surface area contributed by atoms with Gasteiger partial charge in [0.2, 0.25) is 0 Å². The van der Waals surface area contributed by atoms with Gasteiger partial charge in [0.15, 0.2) is 0 Å². The molecule has 16 heavy (non-hydrogen) atoms. The van der Waals surface area contributed by atoms with Crippen LogP contribution >= 0.6 is 0 Å². The largest absolute Gasteiger partial charge is 0.508 e. The molecular weight excluding hydrogens is 206 g/mol. The van der Waals surface area contributed by atoms with Gasteiger partial charge in [0.25, 0.3) is 5.91 Å². The Kier molecular flexibility index (Phi) is 2.76. The summed E-state index contributed by atoms with van der Waals surface area (Å²) in [5.74, 6) is 0.778. The van der Waals surface area contributed by atoms with Crippen LogP contribution in [0.15, 0.2) is 29.3 Å². The summed E-state index contributed by atoms with van der Waals surface area (Å²) in [5.41, 5.74) is 6.18. The number of amidine groups is 1. The molecule has 1 aliphatic rings. The number of phenolic OH excluding ortho intramolecular Hbond substituents is 1.